The maximum absolute atomic E-state index is 12.4. The number of rotatable bonds is 7. The first-order chi connectivity index (χ1) is 12.1. The van der Waals surface area contributed by atoms with Crippen LogP contribution in [-0.2, 0) is 11.3 Å². The Morgan fingerprint density at radius 1 is 1.24 bits per heavy atom. The van der Waals surface area contributed by atoms with Crippen molar-refractivity contribution in [2.45, 2.75) is 13.5 Å². The monoisotopic (exact) mass is 341 g/mol. The number of pyridine rings is 1. The molecule has 3 rings (SSSR count). The number of likely N-dealkylation sites (N-methyl/N-ethyl adjacent to an activating group) is 1. The number of aromatic nitrogens is 1. The first kappa shape index (κ1) is 17.1. The molecule has 0 aliphatic carbocycles. The molecule has 3 aromatic heterocycles. The molecule has 0 atom stereocenters. The minimum atomic E-state index is -0.129. The van der Waals surface area contributed by atoms with E-state index in [2.05, 4.69) is 10.2 Å². The van der Waals surface area contributed by atoms with Crippen LogP contribution in [0, 0.1) is 6.92 Å². The van der Waals surface area contributed by atoms with E-state index < -0.39 is 0 Å². The summed E-state index contributed by atoms with van der Waals surface area (Å²) >= 11 is 0. The number of anilines is 1. The number of carbonyl (C=O) groups is 1. The van der Waals surface area contributed by atoms with Crippen molar-refractivity contribution in [3.05, 3.63) is 59.7 Å². The van der Waals surface area contributed by atoms with E-state index in [1.54, 1.807) is 7.11 Å². The summed E-state index contributed by atoms with van der Waals surface area (Å²) in [6.45, 7) is 3.67. The van der Waals surface area contributed by atoms with Gasteiger partial charge in [-0.15, -0.1) is 0 Å². The summed E-state index contributed by atoms with van der Waals surface area (Å²) < 4.78 is 12.6. The standard InChI is InChI=1S/C19H23N3O3/c1-14-4-8-17(25-14)12-20-19(23)15-5-6-16-7-9-18(22(16)13-15)21(2)10-11-24-3/h4-9,13H,10-12H2,1-3H3,(H,20,23). The molecular formula is C19H23N3O3. The summed E-state index contributed by atoms with van der Waals surface area (Å²) in [5.41, 5.74) is 1.64. The van der Waals surface area contributed by atoms with Crippen LogP contribution in [0.5, 0.6) is 0 Å². The molecule has 1 amide bonds. The van der Waals surface area contributed by atoms with Crippen molar-refractivity contribution in [2.75, 3.05) is 32.2 Å². The van der Waals surface area contributed by atoms with Gasteiger partial charge in [0.1, 0.15) is 17.3 Å². The number of nitrogens with zero attached hydrogens (tertiary/aromatic N) is 2. The fourth-order valence-electron chi connectivity index (χ4n) is 2.72. The van der Waals surface area contributed by atoms with Crippen molar-refractivity contribution < 1.29 is 13.9 Å². The van der Waals surface area contributed by atoms with Crippen molar-refractivity contribution in [2.24, 2.45) is 0 Å². The molecule has 25 heavy (non-hydrogen) atoms. The lowest BCUT2D eigenvalue weighted by Crippen LogP contribution is -2.24. The smallest absolute Gasteiger partial charge is 0.253 e. The zero-order chi connectivity index (χ0) is 17.8. The number of carbonyl (C=O) groups excluding carboxylic acids is 1. The molecule has 3 aromatic rings. The highest BCUT2D eigenvalue weighted by Gasteiger charge is 2.11. The van der Waals surface area contributed by atoms with Gasteiger partial charge in [0.05, 0.1) is 18.7 Å². The molecule has 0 aliphatic heterocycles. The van der Waals surface area contributed by atoms with Gasteiger partial charge in [0, 0.05) is 32.4 Å². The van der Waals surface area contributed by atoms with Gasteiger partial charge < -0.3 is 23.8 Å². The predicted octanol–water partition coefficient (Wildman–Crippen LogP) is 2.85. The van der Waals surface area contributed by atoms with Crippen molar-refractivity contribution >= 4 is 17.2 Å². The third-order valence-corrected chi connectivity index (χ3v) is 4.13. The summed E-state index contributed by atoms with van der Waals surface area (Å²) in [5.74, 6) is 2.47. The molecule has 0 fully saturated rings. The average molecular weight is 341 g/mol. The highest BCUT2D eigenvalue weighted by Crippen LogP contribution is 2.19. The molecule has 0 bridgehead atoms. The Balaban J connectivity index is 1.76. The number of ether oxygens (including phenoxy) is 1. The Bertz CT molecular complexity index is 866. The molecule has 0 spiro atoms. The molecular weight excluding hydrogens is 318 g/mol. The topological polar surface area (TPSA) is 59.1 Å². The number of furan rings is 1. The molecule has 0 saturated carbocycles. The fourth-order valence-corrected chi connectivity index (χ4v) is 2.72. The van der Waals surface area contributed by atoms with Crippen molar-refractivity contribution in [3.63, 3.8) is 0 Å². The first-order valence-corrected chi connectivity index (χ1v) is 8.23. The summed E-state index contributed by atoms with van der Waals surface area (Å²) in [6, 6.07) is 11.6. The normalized spacial score (nSPS) is 11.0. The molecule has 6 heteroatoms. The number of hydrogen-bond acceptors (Lipinski definition) is 4. The molecule has 0 unspecified atom stereocenters. The van der Waals surface area contributed by atoms with Gasteiger partial charge in [0.2, 0.25) is 0 Å². The highest BCUT2D eigenvalue weighted by atomic mass is 16.5. The van der Waals surface area contributed by atoms with Crippen molar-refractivity contribution in [1.29, 1.82) is 0 Å². The van der Waals surface area contributed by atoms with Gasteiger partial charge in [-0.1, -0.05) is 0 Å². The number of amides is 1. The largest absolute Gasteiger partial charge is 0.465 e. The number of methoxy groups -OCH3 is 1. The predicted molar refractivity (Wildman–Crippen MR) is 97.2 cm³/mol. The summed E-state index contributed by atoms with van der Waals surface area (Å²) in [4.78, 5) is 14.5. The highest BCUT2D eigenvalue weighted by molar-refractivity contribution is 5.94. The second kappa shape index (κ2) is 7.44. The SMILES string of the molecule is COCCN(C)c1ccc2ccc(C(=O)NCc3ccc(C)o3)cn12. The van der Waals surface area contributed by atoms with Gasteiger partial charge in [-0.05, 0) is 43.3 Å². The Kier molecular flexibility index (Phi) is 5.09. The van der Waals surface area contributed by atoms with Crippen LogP contribution in [0.1, 0.15) is 21.9 Å². The van der Waals surface area contributed by atoms with E-state index in [0.717, 1.165) is 29.4 Å². The molecule has 0 saturated heterocycles. The van der Waals surface area contributed by atoms with E-state index in [1.165, 1.54) is 0 Å². The van der Waals surface area contributed by atoms with Crippen LogP contribution in [-0.4, -0.2) is 37.6 Å². The third kappa shape index (κ3) is 3.85. The number of fused-ring (bicyclic) bond motifs is 1. The van der Waals surface area contributed by atoms with Crippen LogP contribution in [0.2, 0.25) is 0 Å². The molecule has 0 radical (unpaired) electrons. The van der Waals surface area contributed by atoms with Crippen LogP contribution >= 0.6 is 0 Å². The molecule has 0 aromatic carbocycles. The van der Waals surface area contributed by atoms with E-state index in [4.69, 9.17) is 9.15 Å². The summed E-state index contributed by atoms with van der Waals surface area (Å²) in [7, 11) is 3.69. The lowest BCUT2D eigenvalue weighted by Gasteiger charge is -2.18. The second-order valence-corrected chi connectivity index (χ2v) is 6.01. The quantitative estimate of drug-likeness (QED) is 0.718. The third-order valence-electron chi connectivity index (χ3n) is 4.13. The maximum Gasteiger partial charge on any atom is 0.253 e. The molecule has 6 nitrogen and oxygen atoms in total. The number of hydrogen-bond donors (Lipinski definition) is 1. The Morgan fingerprint density at radius 3 is 2.76 bits per heavy atom. The second-order valence-electron chi connectivity index (χ2n) is 6.01. The van der Waals surface area contributed by atoms with Crippen molar-refractivity contribution in [1.82, 2.24) is 9.72 Å². The number of aryl methyl sites for hydroxylation is 1. The Morgan fingerprint density at radius 2 is 2.04 bits per heavy atom. The van der Waals surface area contributed by atoms with E-state index in [0.29, 0.717) is 18.7 Å². The first-order valence-electron chi connectivity index (χ1n) is 8.23. The summed E-state index contributed by atoms with van der Waals surface area (Å²) in [5, 5.41) is 2.89. The van der Waals surface area contributed by atoms with Gasteiger partial charge in [-0.3, -0.25) is 4.79 Å². The van der Waals surface area contributed by atoms with E-state index in [-0.39, 0.29) is 5.91 Å². The van der Waals surface area contributed by atoms with Crippen LogP contribution < -0.4 is 10.2 Å². The van der Waals surface area contributed by atoms with Crippen LogP contribution in [0.15, 0.2) is 47.0 Å². The van der Waals surface area contributed by atoms with Gasteiger partial charge in [0.15, 0.2) is 0 Å². The van der Waals surface area contributed by atoms with Crippen molar-refractivity contribution in [3.8, 4) is 0 Å². The van der Waals surface area contributed by atoms with E-state index in [1.807, 2.05) is 61.0 Å². The molecule has 1 N–H and O–H groups in total. The minimum absolute atomic E-state index is 0.129. The Labute approximate surface area is 147 Å². The van der Waals surface area contributed by atoms with Crippen LogP contribution in [0.25, 0.3) is 5.52 Å². The average Bonchev–Trinajstić information content (AvgIpc) is 3.22. The molecule has 3 heterocycles. The number of nitrogens with one attached hydrogen (secondary N) is 1. The van der Waals surface area contributed by atoms with Crippen LogP contribution in [0.3, 0.4) is 0 Å². The lowest BCUT2D eigenvalue weighted by molar-refractivity contribution is 0.0947. The van der Waals surface area contributed by atoms with Crippen LogP contribution in [0.4, 0.5) is 5.82 Å². The zero-order valence-electron chi connectivity index (χ0n) is 14.8. The molecule has 0 aliphatic rings. The minimum Gasteiger partial charge on any atom is -0.465 e. The lowest BCUT2D eigenvalue weighted by atomic mass is 10.2. The van der Waals surface area contributed by atoms with Gasteiger partial charge in [-0.2, -0.15) is 0 Å². The van der Waals surface area contributed by atoms with E-state index >= 15 is 0 Å². The molecule has 132 valence electrons. The van der Waals surface area contributed by atoms with E-state index in [9.17, 15) is 4.79 Å². The maximum atomic E-state index is 12.4. The van der Waals surface area contributed by atoms with Gasteiger partial charge in [-0.25, -0.2) is 0 Å². The van der Waals surface area contributed by atoms with Gasteiger partial charge in [0.25, 0.3) is 5.91 Å². The van der Waals surface area contributed by atoms with Gasteiger partial charge >= 0.3 is 0 Å². The fraction of sp³-hybridized carbons (Fsp3) is 0.316. The summed E-state index contributed by atoms with van der Waals surface area (Å²) in [6.07, 6.45) is 1.86. The zero-order valence-corrected chi connectivity index (χ0v) is 14.8. The Hall–Kier alpha value is -2.73.